The molecule has 0 bridgehead atoms. The highest BCUT2D eigenvalue weighted by molar-refractivity contribution is 7.15. The summed E-state index contributed by atoms with van der Waals surface area (Å²) in [6.45, 7) is 9.48. The Morgan fingerprint density at radius 1 is 1.31 bits per heavy atom. The predicted octanol–water partition coefficient (Wildman–Crippen LogP) is 3.27. The Morgan fingerprint density at radius 3 is 2.25 bits per heavy atom. The first-order valence-electron chi connectivity index (χ1n) is 6.14. The third kappa shape index (κ3) is 10.0. The van der Waals surface area contributed by atoms with Crippen molar-refractivity contribution in [2.24, 2.45) is 11.7 Å². The Morgan fingerprint density at radius 2 is 1.88 bits per heavy atom. The molecule has 0 saturated carbocycles. The van der Waals surface area contributed by atoms with Crippen LogP contribution >= 0.6 is 9.24 Å². The quantitative estimate of drug-likeness (QED) is 0.533. The monoisotopic (exact) mass is 244 g/mol. The molecule has 0 aromatic rings. The van der Waals surface area contributed by atoms with Crippen LogP contribution in [0.3, 0.4) is 0 Å². The Balaban J connectivity index is 0. The lowest BCUT2D eigenvalue weighted by molar-refractivity contribution is 0.449. The van der Waals surface area contributed by atoms with Crippen LogP contribution in [0.4, 0.5) is 0 Å². The van der Waals surface area contributed by atoms with Gasteiger partial charge in [0.25, 0.3) is 0 Å². The van der Waals surface area contributed by atoms with Gasteiger partial charge < -0.3 is 11.1 Å². The minimum absolute atomic E-state index is 0.850. The topological polar surface area (TPSA) is 38.0 Å². The summed E-state index contributed by atoms with van der Waals surface area (Å²) in [6, 6.07) is 0. The third-order valence-corrected chi connectivity index (χ3v) is 2.62. The summed E-state index contributed by atoms with van der Waals surface area (Å²) < 4.78 is 0. The van der Waals surface area contributed by atoms with Gasteiger partial charge >= 0.3 is 0 Å². The van der Waals surface area contributed by atoms with Crippen molar-refractivity contribution in [2.45, 2.75) is 40.0 Å². The Labute approximate surface area is 104 Å². The summed E-state index contributed by atoms with van der Waals surface area (Å²) in [5.41, 5.74) is 6.44. The zero-order valence-corrected chi connectivity index (χ0v) is 12.4. The second-order valence-electron chi connectivity index (χ2n) is 3.50. The van der Waals surface area contributed by atoms with Crippen molar-refractivity contribution in [1.82, 2.24) is 5.32 Å². The van der Waals surface area contributed by atoms with Gasteiger partial charge in [-0.1, -0.05) is 39.4 Å². The molecule has 0 aliphatic carbocycles. The van der Waals surface area contributed by atoms with Crippen molar-refractivity contribution in [3.8, 4) is 0 Å². The number of hydrogen-bond donors (Lipinski definition) is 2. The second kappa shape index (κ2) is 14.5. The van der Waals surface area contributed by atoms with Gasteiger partial charge in [0.15, 0.2) is 0 Å². The number of nitrogens with two attached hydrogens (primary N) is 1. The predicted molar refractivity (Wildman–Crippen MR) is 79.4 cm³/mol. The van der Waals surface area contributed by atoms with E-state index in [4.69, 9.17) is 5.73 Å². The highest BCUT2D eigenvalue weighted by Gasteiger charge is 2.01. The Hall–Kier alpha value is -0.490. The molecule has 0 spiro atoms. The highest BCUT2D eigenvalue weighted by atomic mass is 31.0. The molecule has 0 aromatic heterocycles. The fraction of sp³-hybridized carbons (Fsp3) is 0.692. The van der Waals surface area contributed by atoms with Crippen LogP contribution in [0.5, 0.6) is 0 Å². The normalized spacial score (nSPS) is 11.5. The molecular weight excluding hydrogens is 215 g/mol. The molecule has 0 saturated heterocycles. The van der Waals surface area contributed by atoms with E-state index in [1.54, 1.807) is 6.20 Å². The van der Waals surface area contributed by atoms with Gasteiger partial charge in [-0.05, 0) is 31.5 Å². The summed E-state index contributed by atoms with van der Waals surface area (Å²) in [6.07, 6.45) is 9.29. The number of nitrogens with one attached hydrogen (secondary N) is 1. The van der Waals surface area contributed by atoms with Crippen LogP contribution < -0.4 is 11.1 Å². The molecule has 1 atom stereocenters. The average Bonchev–Trinajstić information content (AvgIpc) is 2.35. The van der Waals surface area contributed by atoms with E-state index in [9.17, 15) is 0 Å². The molecule has 0 rings (SSSR count). The molecule has 96 valence electrons. The zero-order valence-electron chi connectivity index (χ0n) is 11.3. The van der Waals surface area contributed by atoms with Crippen LogP contribution in [-0.4, -0.2) is 13.2 Å². The van der Waals surface area contributed by atoms with Crippen molar-refractivity contribution in [1.29, 1.82) is 0 Å². The molecule has 0 fully saturated rings. The molecule has 0 aliphatic rings. The van der Waals surface area contributed by atoms with Gasteiger partial charge in [0.2, 0.25) is 0 Å². The summed E-state index contributed by atoms with van der Waals surface area (Å²) >= 11 is 0. The minimum atomic E-state index is 0.850. The maximum Gasteiger partial charge on any atom is 0.0311 e. The smallest absolute Gasteiger partial charge is 0.0311 e. The van der Waals surface area contributed by atoms with E-state index in [0.717, 1.165) is 18.2 Å². The maximum absolute atomic E-state index is 5.33. The van der Waals surface area contributed by atoms with Crippen molar-refractivity contribution >= 4 is 9.24 Å². The largest absolute Gasteiger partial charge is 0.405 e. The molecule has 0 aromatic carbocycles. The van der Waals surface area contributed by atoms with E-state index < -0.39 is 0 Å². The molecule has 0 radical (unpaired) electrons. The molecule has 1 unspecified atom stereocenters. The van der Waals surface area contributed by atoms with E-state index >= 15 is 0 Å². The van der Waals surface area contributed by atoms with Gasteiger partial charge in [-0.25, -0.2) is 0 Å². The molecule has 0 heterocycles. The highest BCUT2D eigenvalue weighted by Crippen LogP contribution is 2.11. The van der Waals surface area contributed by atoms with Gasteiger partial charge in [0.1, 0.15) is 0 Å². The van der Waals surface area contributed by atoms with E-state index in [2.05, 4.69) is 28.4 Å². The van der Waals surface area contributed by atoms with Crippen molar-refractivity contribution in [3.05, 3.63) is 24.0 Å². The van der Waals surface area contributed by atoms with Gasteiger partial charge in [0.05, 0.1) is 0 Å². The van der Waals surface area contributed by atoms with Gasteiger partial charge in [-0.2, -0.15) is 0 Å². The first kappa shape index (κ1) is 17.9. The lowest BCUT2D eigenvalue weighted by Gasteiger charge is -2.13. The Kier molecular flexibility index (Phi) is 16.2. The SMILES string of the molecule is C/C=C(\C=C/N)NCCC(CC)CC.CP. The van der Waals surface area contributed by atoms with E-state index in [0.29, 0.717) is 0 Å². The fourth-order valence-corrected chi connectivity index (χ4v) is 1.48. The molecule has 3 heteroatoms. The van der Waals surface area contributed by atoms with Crippen LogP contribution in [-0.2, 0) is 0 Å². The lowest BCUT2D eigenvalue weighted by Crippen LogP contribution is -2.16. The Bertz CT molecular complexity index is 184. The summed E-state index contributed by atoms with van der Waals surface area (Å²) in [5, 5.41) is 3.36. The van der Waals surface area contributed by atoms with Crippen LogP contribution in [0.1, 0.15) is 40.0 Å². The first-order chi connectivity index (χ1) is 7.78. The van der Waals surface area contributed by atoms with E-state index in [1.807, 2.05) is 25.7 Å². The summed E-state index contributed by atoms with van der Waals surface area (Å²) in [7, 11) is 2.42. The molecular formula is C13H29N2P. The molecule has 0 aliphatic heterocycles. The van der Waals surface area contributed by atoms with Gasteiger partial charge in [-0.15, -0.1) is 9.24 Å². The molecule has 2 nitrogen and oxygen atoms in total. The molecule has 16 heavy (non-hydrogen) atoms. The van der Waals surface area contributed by atoms with Crippen LogP contribution in [0.15, 0.2) is 24.0 Å². The molecule has 3 N–H and O–H groups in total. The van der Waals surface area contributed by atoms with E-state index in [-0.39, 0.29) is 0 Å². The van der Waals surface area contributed by atoms with Gasteiger partial charge in [0, 0.05) is 12.2 Å². The summed E-state index contributed by atoms with van der Waals surface area (Å²) in [5.74, 6) is 0.850. The number of hydrogen-bond acceptors (Lipinski definition) is 2. The third-order valence-electron chi connectivity index (χ3n) is 2.62. The van der Waals surface area contributed by atoms with Crippen LogP contribution in [0.25, 0.3) is 0 Å². The van der Waals surface area contributed by atoms with Crippen molar-refractivity contribution in [3.63, 3.8) is 0 Å². The average molecular weight is 244 g/mol. The fourth-order valence-electron chi connectivity index (χ4n) is 1.48. The lowest BCUT2D eigenvalue weighted by atomic mass is 10.00. The maximum atomic E-state index is 5.33. The van der Waals surface area contributed by atoms with Crippen LogP contribution in [0, 0.1) is 5.92 Å². The minimum Gasteiger partial charge on any atom is -0.405 e. The number of allylic oxidation sites excluding steroid dienone is 2. The van der Waals surface area contributed by atoms with Crippen molar-refractivity contribution in [2.75, 3.05) is 13.2 Å². The van der Waals surface area contributed by atoms with Gasteiger partial charge in [-0.3, -0.25) is 0 Å². The standard InChI is InChI=1S/C12H24N2.CH5P/c1-4-11(5-2)8-10-14-12(6-3)7-9-13;1-2/h6-7,9,11,14H,4-5,8,10,13H2,1-3H3;2H2,1H3/b9-7-,12-6+;. The second-order valence-corrected chi connectivity index (χ2v) is 3.50. The van der Waals surface area contributed by atoms with Crippen LogP contribution in [0.2, 0.25) is 0 Å². The van der Waals surface area contributed by atoms with E-state index in [1.165, 1.54) is 19.3 Å². The van der Waals surface area contributed by atoms with Crippen molar-refractivity contribution < 1.29 is 0 Å². The zero-order chi connectivity index (χ0) is 12.8. The first-order valence-corrected chi connectivity index (χ1v) is 7.30. The number of rotatable bonds is 7. The summed E-state index contributed by atoms with van der Waals surface area (Å²) in [4.78, 5) is 0. The molecule has 0 amide bonds.